The number of halogens is 1. The summed E-state index contributed by atoms with van der Waals surface area (Å²) in [4.78, 5) is 31.1. The number of amides is 1. The lowest BCUT2D eigenvalue weighted by molar-refractivity contribution is -0.121. The molecule has 2 aromatic carbocycles. The van der Waals surface area contributed by atoms with Gasteiger partial charge in [-0.2, -0.15) is 0 Å². The number of hydrogen-bond acceptors (Lipinski definition) is 3. The lowest BCUT2D eigenvalue weighted by Crippen LogP contribution is -2.29. The molecular formula is C21H21ClN4O2. The molecule has 2 heterocycles. The smallest absolute Gasteiger partial charge is 0.233 e. The first-order chi connectivity index (χ1) is 13.4. The molecule has 0 fully saturated rings. The molecule has 0 atom stereocenters. The largest absolute Gasteiger partial charge is 0.358 e. The van der Waals surface area contributed by atoms with Crippen LogP contribution in [0.15, 0.2) is 29.1 Å². The van der Waals surface area contributed by atoms with Gasteiger partial charge in [-0.05, 0) is 56.0 Å². The van der Waals surface area contributed by atoms with Crippen LogP contribution in [-0.2, 0) is 11.2 Å². The second kappa shape index (κ2) is 6.96. The molecule has 4 aromatic rings. The minimum Gasteiger partial charge on any atom is -0.358 e. The molecular weight excluding hydrogens is 376 g/mol. The van der Waals surface area contributed by atoms with Crippen molar-refractivity contribution in [2.75, 3.05) is 0 Å². The van der Waals surface area contributed by atoms with E-state index in [1.165, 1.54) is 0 Å². The molecule has 7 heteroatoms. The number of carbonyl (C=O) groups is 1. The fourth-order valence-electron chi connectivity index (χ4n) is 4.00. The van der Waals surface area contributed by atoms with Gasteiger partial charge < -0.3 is 9.97 Å². The van der Waals surface area contributed by atoms with Gasteiger partial charge in [0, 0.05) is 39.5 Å². The zero-order chi connectivity index (χ0) is 20.0. The van der Waals surface area contributed by atoms with Crippen LogP contribution in [0.25, 0.3) is 32.7 Å². The Bertz CT molecular complexity index is 1300. The predicted octanol–water partition coefficient (Wildman–Crippen LogP) is 3.75. The normalized spacial score (nSPS) is 11.6. The lowest BCUT2D eigenvalue weighted by Gasteiger charge is -2.11. The van der Waals surface area contributed by atoms with Crippen LogP contribution < -0.4 is 16.7 Å². The van der Waals surface area contributed by atoms with E-state index in [0.717, 1.165) is 44.1 Å². The number of hydrazine groups is 1. The molecule has 1 amide bonds. The van der Waals surface area contributed by atoms with Crippen molar-refractivity contribution in [2.45, 2.75) is 33.1 Å². The van der Waals surface area contributed by atoms with Crippen molar-refractivity contribution in [3.63, 3.8) is 0 Å². The Morgan fingerprint density at radius 1 is 1.11 bits per heavy atom. The molecule has 0 aliphatic rings. The summed E-state index contributed by atoms with van der Waals surface area (Å²) in [5, 5.41) is 3.46. The summed E-state index contributed by atoms with van der Waals surface area (Å²) in [6.45, 7) is 3.97. The van der Waals surface area contributed by atoms with E-state index < -0.39 is 0 Å². The number of rotatable bonds is 4. The summed E-state index contributed by atoms with van der Waals surface area (Å²) in [7, 11) is 0. The fraction of sp³-hybridized carbons (Fsp3) is 0.238. The molecule has 144 valence electrons. The number of H-pyrrole nitrogens is 2. The number of aromatic amines is 2. The van der Waals surface area contributed by atoms with E-state index >= 15 is 0 Å². The topological polar surface area (TPSA) is 104 Å². The molecule has 0 saturated heterocycles. The maximum Gasteiger partial charge on any atom is 0.233 e. The predicted molar refractivity (Wildman–Crippen MR) is 114 cm³/mol. The highest BCUT2D eigenvalue weighted by Gasteiger charge is 2.17. The van der Waals surface area contributed by atoms with Crippen molar-refractivity contribution in [1.82, 2.24) is 15.4 Å². The van der Waals surface area contributed by atoms with Crippen molar-refractivity contribution >= 4 is 50.2 Å². The molecule has 0 bridgehead atoms. The van der Waals surface area contributed by atoms with E-state index in [9.17, 15) is 9.59 Å². The average molecular weight is 397 g/mol. The van der Waals surface area contributed by atoms with Crippen LogP contribution in [0.3, 0.4) is 0 Å². The molecule has 5 N–H and O–H groups in total. The number of nitrogens with one attached hydrogen (secondary N) is 3. The molecule has 2 aromatic heterocycles. The lowest BCUT2D eigenvalue weighted by atomic mass is 9.98. The van der Waals surface area contributed by atoms with Gasteiger partial charge in [0.2, 0.25) is 5.91 Å². The Labute approximate surface area is 166 Å². The third-order valence-electron chi connectivity index (χ3n) is 5.36. The molecule has 6 nitrogen and oxygen atoms in total. The Balaban J connectivity index is 1.93. The maximum absolute atomic E-state index is 12.9. The number of carbonyl (C=O) groups excluding carboxylic acids is 1. The van der Waals surface area contributed by atoms with Crippen molar-refractivity contribution in [1.29, 1.82) is 0 Å². The first-order valence-corrected chi connectivity index (χ1v) is 9.54. The number of hydrogen-bond donors (Lipinski definition) is 4. The van der Waals surface area contributed by atoms with E-state index in [1.807, 2.05) is 32.0 Å². The Kier molecular flexibility index (Phi) is 4.61. The summed E-state index contributed by atoms with van der Waals surface area (Å²) >= 11 is 6.22. The molecule has 28 heavy (non-hydrogen) atoms. The number of fused-ring (bicyclic) bond motifs is 4. The molecule has 0 unspecified atom stereocenters. The number of benzene rings is 2. The monoisotopic (exact) mass is 396 g/mol. The summed E-state index contributed by atoms with van der Waals surface area (Å²) in [6.07, 6.45) is 1.51. The minimum atomic E-state index is -0.215. The second-order valence-electron chi connectivity index (χ2n) is 7.14. The van der Waals surface area contributed by atoms with E-state index in [4.69, 9.17) is 17.4 Å². The standard InChI is InChI=1S/C21H21ClN4O2/c1-10-18-14-8-12(22)6-7-15(14)25-20(18)11(2)19-16(27)9-13(24-21(10)19)4-3-5-17(28)26-23/h6-9,25H,3-5,23H2,1-2H3,(H,24,27)(H,26,28). The molecule has 4 rings (SSSR count). The van der Waals surface area contributed by atoms with Crippen LogP contribution in [0.2, 0.25) is 5.02 Å². The Morgan fingerprint density at radius 2 is 1.82 bits per heavy atom. The van der Waals surface area contributed by atoms with Gasteiger partial charge in [-0.3, -0.25) is 15.0 Å². The van der Waals surface area contributed by atoms with E-state index in [0.29, 0.717) is 29.7 Å². The summed E-state index contributed by atoms with van der Waals surface area (Å²) < 4.78 is 0. The van der Waals surface area contributed by atoms with Crippen LogP contribution >= 0.6 is 11.6 Å². The number of aromatic nitrogens is 2. The van der Waals surface area contributed by atoms with Crippen molar-refractivity contribution in [2.24, 2.45) is 5.84 Å². The van der Waals surface area contributed by atoms with Crippen LogP contribution in [-0.4, -0.2) is 15.9 Å². The number of pyridine rings is 1. The van der Waals surface area contributed by atoms with Crippen molar-refractivity contribution in [3.8, 4) is 0 Å². The van der Waals surface area contributed by atoms with Crippen molar-refractivity contribution in [3.05, 3.63) is 56.3 Å². The van der Waals surface area contributed by atoms with Crippen LogP contribution in [0.5, 0.6) is 0 Å². The summed E-state index contributed by atoms with van der Waals surface area (Å²) in [5.74, 6) is 4.90. The van der Waals surface area contributed by atoms with Gasteiger partial charge in [0.15, 0.2) is 5.43 Å². The van der Waals surface area contributed by atoms with Gasteiger partial charge >= 0.3 is 0 Å². The van der Waals surface area contributed by atoms with Gasteiger partial charge in [-0.25, -0.2) is 5.84 Å². The number of nitrogens with two attached hydrogens (primary N) is 1. The van der Waals surface area contributed by atoms with E-state index in [-0.39, 0.29) is 11.3 Å². The fourth-order valence-corrected chi connectivity index (χ4v) is 4.17. The second-order valence-corrected chi connectivity index (χ2v) is 7.58. The van der Waals surface area contributed by atoms with Crippen molar-refractivity contribution < 1.29 is 4.79 Å². The molecule has 0 aliphatic heterocycles. The Morgan fingerprint density at radius 3 is 2.57 bits per heavy atom. The van der Waals surface area contributed by atoms with Gasteiger partial charge in [0.05, 0.1) is 16.4 Å². The SMILES string of the molecule is Cc1c2[nH]c3ccc(Cl)cc3c2c(C)c2[nH]c(CCCC(=O)NN)cc(=O)c12. The van der Waals surface area contributed by atoms with Gasteiger partial charge in [0.25, 0.3) is 0 Å². The molecule has 0 spiro atoms. The summed E-state index contributed by atoms with van der Waals surface area (Å²) in [5.41, 5.74) is 7.60. The molecule has 0 radical (unpaired) electrons. The first-order valence-electron chi connectivity index (χ1n) is 9.16. The minimum absolute atomic E-state index is 0.0220. The van der Waals surface area contributed by atoms with Gasteiger partial charge in [-0.15, -0.1) is 0 Å². The highest BCUT2D eigenvalue weighted by atomic mass is 35.5. The van der Waals surface area contributed by atoms with Gasteiger partial charge in [0.1, 0.15) is 0 Å². The third-order valence-corrected chi connectivity index (χ3v) is 5.59. The first kappa shape index (κ1) is 18.5. The van der Waals surface area contributed by atoms with E-state index in [2.05, 4.69) is 15.4 Å². The zero-order valence-corrected chi connectivity index (χ0v) is 16.5. The summed E-state index contributed by atoms with van der Waals surface area (Å²) in [6, 6.07) is 7.38. The third kappa shape index (κ3) is 2.95. The highest BCUT2D eigenvalue weighted by Crippen LogP contribution is 2.35. The van der Waals surface area contributed by atoms with Gasteiger partial charge in [-0.1, -0.05) is 11.6 Å². The van der Waals surface area contributed by atoms with Crippen LogP contribution in [0, 0.1) is 13.8 Å². The molecule has 0 saturated carbocycles. The van der Waals surface area contributed by atoms with Crippen LogP contribution in [0.1, 0.15) is 29.7 Å². The maximum atomic E-state index is 12.9. The number of aryl methyl sites for hydroxylation is 3. The highest BCUT2D eigenvalue weighted by molar-refractivity contribution is 6.32. The molecule has 0 aliphatic carbocycles. The zero-order valence-electron chi connectivity index (χ0n) is 15.7. The average Bonchev–Trinajstić information content (AvgIpc) is 3.04. The quantitative estimate of drug-likeness (QED) is 0.240. The Hall–Kier alpha value is -2.83. The van der Waals surface area contributed by atoms with E-state index in [1.54, 1.807) is 6.07 Å². The van der Waals surface area contributed by atoms with Crippen LogP contribution in [0.4, 0.5) is 0 Å².